The summed E-state index contributed by atoms with van der Waals surface area (Å²) in [6.45, 7) is 17.9. The summed E-state index contributed by atoms with van der Waals surface area (Å²) < 4.78 is 37.3. The topological polar surface area (TPSA) is 90.0 Å². The summed E-state index contributed by atoms with van der Waals surface area (Å²) in [6.07, 6.45) is -0.287. The molecule has 200 valence electrons. The molecule has 8 heteroatoms. The lowest BCUT2D eigenvalue weighted by Crippen LogP contribution is -2.66. The standard InChI is InChI=1S/C28H41NO6S/c1-17(30)20-10-18(25(2,3)4)11-21-23(20)22(13-27(21,8)9)34-19-12-28(36(32,33)14-19)15-29(16-28)24(31)35-26(5,6)7/h10-11,19,22H,12-16H2,1-9H3. The number of sulfone groups is 1. The molecule has 4 rings (SSSR count). The molecule has 0 saturated carbocycles. The SMILES string of the molecule is CC(=O)c1cc(C(C)(C)C)cc2c1C(OC1CC3(CN(C(=O)OC(C)(C)C)C3)S(=O)(=O)C1)CC2(C)C. The van der Waals surface area contributed by atoms with Gasteiger partial charge in [0, 0.05) is 18.7 Å². The molecule has 1 aliphatic carbocycles. The molecular weight excluding hydrogens is 478 g/mol. The quantitative estimate of drug-likeness (QED) is 0.516. The van der Waals surface area contributed by atoms with Crippen LogP contribution in [-0.4, -0.2) is 60.5 Å². The van der Waals surface area contributed by atoms with Gasteiger partial charge in [0.25, 0.3) is 0 Å². The van der Waals surface area contributed by atoms with E-state index >= 15 is 0 Å². The van der Waals surface area contributed by atoms with Gasteiger partial charge in [-0.1, -0.05) is 40.7 Å². The van der Waals surface area contributed by atoms with E-state index in [0.717, 1.165) is 16.7 Å². The number of benzene rings is 1. The van der Waals surface area contributed by atoms with Crippen molar-refractivity contribution in [2.45, 2.75) is 109 Å². The van der Waals surface area contributed by atoms with Crippen LogP contribution >= 0.6 is 0 Å². The minimum atomic E-state index is -3.45. The summed E-state index contributed by atoms with van der Waals surface area (Å²) in [7, 11) is -3.45. The van der Waals surface area contributed by atoms with Gasteiger partial charge in [-0.2, -0.15) is 0 Å². The number of Topliss-reactive ketones (excluding diaryl/α,β-unsaturated/α-hetero) is 1. The van der Waals surface area contributed by atoms with E-state index in [4.69, 9.17) is 9.47 Å². The van der Waals surface area contributed by atoms with Gasteiger partial charge in [-0.3, -0.25) is 4.79 Å². The second-order valence-electron chi connectivity index (χ2n) is 13.6. The van der Waals surface area contributed by atoms with Crippen LogP contribution in [0.5, 0.6) is 0 Å². The highest BCUT2D eigenvalue weighted by molar-refractivity contribution is 7.93. The van der Waals surface area contributed by atoms with Crippen molar-refractivity contribution >= 4 is 21.7 Å². The molecule has 0 bridgehead atoms. The zero-order valence-corrected chi connectivity index (χ0v) is 24.0. The highest BCUT2D eigenvalue weighted by Crippen LogP contribution is 2.51. The number of carbonyl (C=O) groups is 2. The first-order valence-electron chi connectivity index (χ1n) is 12.8. The van der Waals surface area contributed by atoms with E-state index in [1.165, 1.54) is 4.90 Å². The third-order valence-electron chi connectivity index (χ3n) is 7.80. The predicted octanol–water partition coefficient (Wildman–Crippen LogP) is 5.10. The molecule has 1 aromatic rings. The Morgan fingerprint density at radius 1 is 1.03 bits per heavy atom. The Morgan fingerprint density at radius 2 is 1.64 bits per heavy atom. The molecule has 0 radical (unpaired) electrons. The molecule has 2 heterocycles. The van der Waals surface area contributed by atoms with Gasteiger partial charge in [-0.05, 0) is 74.1 Å². The zero-order valence-electron chi connectivity index (χ0n) is 23.1. The molecule has 1 amide bonds. The predicted molar refractivity (Wildman–Crippen MR) is 139 cm³/mol. The highest BCUT2D eigenvalue weighted by Gasteiger charge is 2.61. The second kappa shape index (κ2) is 8.29. The Hall–Kier alpha value is -1.93. The third kappa shape index (κ3) is 4.71. The van der Waals surface area contributed by atoms with E-state index in [9.17, 15) is 18.0 Å². The van der Waals surface area contributed by atoms with Crippen molar-refractivity contribution in [2.24, 2.45) is 0 Å². The van der Waals surface area contributed by atoms with Gasteiger partial charge < -0.3 is 14.4 Å². The van der Waals surface area contributed by atoms with E-state index in [1.807, 2.05) is 6.07 Å². The van der Waals surface area contributed by atoms with Crippen molar-refractivity contribution < 1.29 is 27.5 Å². The summed E-state index contributed by atoms with van der Waals surface area (Å²) in [5, 5.41) is 0. The maximum absolute atomic E-state index is 13.2. The number of fused-ring (bicyclic) bond motifs is 1. The maximum atomic E-state index is 13.2. The Morgan fingerprint density at radius 3 is 2.17 bits per heavy atom. The summed E-state index contributed by atoms with van der Waals surface area (Å²) >= 11 is 0. The van der Waals surface area contributed by atoms with Gasteiger partial charge in [0.05, 0.1) is 18.0 Å². The fourth-order valence-corrected chi connectivity index (χ4v) is 8.03. The average molecular weight is 520 g/mol. The summed E-state index contributed by atoms with van der Waals surface area (Å²) in [5.41, 5.74) is 2.85. The van der Waals surface area contributed by atoms with E-state index < -0.39 is 32.4 Å². The Labute approximate surface area is 215 Å². The Kier molecular flexibility index (Phi) is 6.24. The highest BCUT2D eigenvalue weighted by atomic mass is 32.2. The van der Waals surface area contributed by atoms with Crippen LogP contribution in [0.3, 0.4) is 0 Å². The lowest BCUT2D eigenvalue weighted by Gasteiger charge is -2.46. The lowest BCUT2D eigenvalue weighted by atomic mass is 9.79. The van der Waals surface area contributed by atoms with Gasteiger partial charge >= 0.3 is 6.09 Å². The van der Waals surface area contributed by atoms with E-state index in [-0.39, 0.29) is 41.6 Å². The Bertz CT molecular complexity index is 1200. The fourth-order valence-electron chi connectivity index (χ4n) is 5.85. The number of amides is 1. The molecule has 2 saturated heterocycles. The molecular formula is C28H41NO6S. The van der Waals surface area contributed by atoms with Crippen LogP contribution in [-0.2, 0) is 30.1 Å². The van der Waals surface area contributed by atoms with Crippen LogP contribution < -0.4 is 0 Å². The molecule has 3 aliphatic rings. The number of rotatable bonds is 3. The number of ether oxygens (including phenoxy) is 2. The number of hydrogen-bond donors (Lipinski definition) is 0. The lowest BCUT2D eigenvalue weighted by molar-refractivity contribution is -0.0275. The van der Waals surface area contributed by atoms with Crippen LogP contribution in [0.4, 0.5) is 4.79 Å². The molecule has 2 aliphatic heterocycles. The van der Waals surface area contributed by atoms with Crippen LogP contribution in [0.25, 0.3) is 0 Å². The van der Waals surface area contributed by atoms with Gasteiger partial charge in [-0.25, -0.2) is 13.2 Å². The normalized spacial score (nSPS) is 26.0. The largest absolute Gasteiger partial charge is 0.444 e. The first-order valence-corrected chi connectivity index (χ1v) is 14.5. The first-order chi connectivity index (χ1) is 16.2. The minimum Gasteiger partial charge on any atom is -0.444 e. The molecule has 7 nitrogen and oxygen atoms in total. The molecule has 1 aromatic carbocycles. The van der Waals surface area contributed by atoms with Crippen molar-refractivity contribution in [1.29, 1.82) is 0 Å². The maximum Gasteiger partial charge on any atom is 0.410 e. The second-order valence-corrected chi connectivity index (χ2v) is 16.1. The van der Waals surface area contributed by atoms with Crippen molar-refractivity contribution in [3.8, 4) is 0 Å². The van der Waals surface area contributed by atoms with E-state index in [1.54, 1.807) is 27.7 Å². The smallest absolute Gasteiger partial charge is 0.410 e. The molecule has 1 spiro atoms. The van der Waals surface area contributed by atoms with Crippen molar-refractivity contribution in [1.82, 2.24) is 4.90 Å². The molecule has 2 unspecified atom stereocenters. The number of hydrogen-bond acceptors (Lipinski definition) is 6. The van der Waals surface area contributed by atoms with Crippen molar-refractivity contribution in [3.63, 3.8) is 0 Å². The van der Waals surface area contributed by atoms with Crippen molar-refractivity contribution in [3.05, 3.63) is 34.4 Å². The molecule has 0 aromatic heterocycles. The van der Waals surface area contributed by atoms with Gasteiger partial charge in [0.15, 0.2) is 15.6 Å². The minimum absolute atomic E-state index is 0.00819. The van der Waals surface area contributed by atoms with Crippen LogP contribution in [0, 0.1) is 0 Å². The van der Waals surface area contributed by atoms with E-state index in [2.05, 4.69) is 40.7 Å². The monoisotopic (exact) mass is 519 g/mol. The summed E-state index contributed by atoms with van der Waals surface area (Å²) in [4.78, 5) is 26.6. The number of likely N-dealkylation sites (tertiary alicyclic amines) is 1. The number of carbonyl (C=O) groups excluding carboxylic acids is 2. The molecule has 0 N–H and O–H groups in total. The number of ketones is 1. The van der Waals surface area contributed by atoms with Crippen LogP contribution in [0.15, 0.2) is 12.1 Å². The third-order valence-corrected chi connectivity index (χ3v) is 10.4. The Balaban J connectivity index is 1.57. The van der Waals surface area contributed by atoms with Crippen LogP contribution in [0.2, 0.25) is 0 Å². The zero-order chi connectivity index (χ0) is 27.1. The van der Waals surface area contributed by atoms with Crippen LogP contribution in [0.1, 0.15) is 108 Å². The van der Waals surface area contributed by atoms with Crippen molar-refractivity contribution in [2.75, 3.05) is 18.8 Å². The average Bonchev–Trinajstić information content (AvgIpc) is 3.06. The van der Waals surface area contributed by atoms with Gasteiger partial charge in [-0.15, -0.1) is 0 Å². The first kappa shape index (κ1) is 27.1. The number of nitrogens with zero attached hydrogens (tertiary/aromatic N) is 1. The molecule has 2 fully saturated rings. The summed E-state index contributed by atoms with van der Waals surface area (Å²) in [6, 6.07) is 4.18. The molecule has 36 heavy (non-hydrogen) atoms. The van der Waals surface area contributed by atoms with E-state index in [0.29, 0.717) is 18.4 Å². The van der Waals surface area contributed by atoms with Gasteiger partial charge in [0.1, 0.15) is 10.3 Å². The summed E-state index contributed by atoms with van der Waals surface area (Å²) in [5.74, 6) is -0.0807. The molecule has 2 atom stereocenters. The fraction of sp³-hybridized carbons (Fsp3) is 0.714. The van der Waals surface area contributed by atoms with Gasteiger partial charge in [0.2, 0.25) is 0 Å².